The van der Waals surface area contributed by atoms with Gasteiger partial charge in [0.15, 0.2) is 5.76 Å². The average Bonchev–Trinajstić information content (AvgIpc) is 2.48. The van der Waals surface area contributed by atoms with E-state index in [2.05, 4.69) is 4.40 Å². The Morgan fingerprint density at radius 2 is 1.82 bits per heavy atom. The van der Waals surface area contributed by atoms with Crippen molar-refractivity contribution in [3.05, 3.63) is 54.3 Å². The summed E-state index contributed by atoms with van der Waals surface area (Å²) in [5.74, 6) is 0.0722. The zero-order valence-electron chi connectivity index (χ0n) is 12.4. The van der Waals surface area contributed by atoms with Crippen molar-refractivity contribution in [2.75, 3.05) is 6.61 Å². The molecule has 2 rings (SSSR count). The van der Waals surface area contributed by atoms with E-state index in [1.807, 2.05) is 13.8 Å². The Labute approximate surface area is 130 Å². The molecule has 0 saturated heterocycles. The first-order valence-corrected chi connectivity index (χ1v) is 8.29. The molecule has 0 spiro atoms. The fraction of sp³-hybridized carbons (Fsp3) is 0.250. The summed E-state index contributed by atoms with van der Waals surface area (Å²) < 4.78 is 33.5. The molecule has 0 atom stereocenters. The number of rotatable bonds is 5. The van der Waals surface area contributed by atoms with Crippen LogP contribution in [0.5, 0.6) is 0 Å². The molecule has 1 aromatic rings. The smallest absolute Gasteiger partial charge is 0.282 e. The molecule has 22 heavy (non-hydrogen) atoms. The maximum absolute atomic E-state index is 12.2. The Bertz CT molecular complexity index is 744. The highest BCUT2D eigenvalue weighted by molar-refractivity contribution is 7.90. The van der Waals surface area contributed by atoms with E-state index in [0.29, 0.717) is 6.61 Å². The van der Waals surface area contributed by atoms with Crippen molar-refractivity contribution in [2.24, 2.45) is 10.3 Å². The van der Waals surface area contributed by atoms with E-state index in [4.69, 9.17) is 4.74 Å². The number of ether oxygens (including phenoxy) is 1. The highest BCUT2D eigenvalue weighted by Crippen LogP contribution is 2.15. The minimum Gasteiger partial charge on any atom is -0.489 e. The second kappa shape index (κ2) is 6.70. The third-order valence-electron chi connectivity index (χ3n) is 2.77. The van der Waals surface area contributed by atoms with Gasteiger partial charge in [0.05, 0.1) is 17.2 Å². The number of sulfonamides is 1. The molecule has 1 aliphatic carbocycles. The number of carbonyl (C=O) groups excluding carboxylic acids is 1. The van der Waals surface area contributed by atoms with Crippen molar-refractivity contribution in [3.63, 3.8) is 0 Å². The van der Waals surface area contributed by atoms with Gasteiger partial charge in [-0.1, -0.05) is 32.0 Å². The first-order valence-electron chi connectivity index (χ1n) is 6.85. The van der Waals surface area contributed by atoms with Gasteiger partial charge in [-0.05, 0) is 30.2 Å². The van der Waals surface area contributed by atoms with Gasteiger partial charge in [-0.15, -0.1) is 0 Å². The predicted molar refractivity (Wildman–Crippen MR) is 84.1 cm³/mol. The number of carbonyl (C=O) groups is 1. The standard InChI is InChI=1S/C16H17NO4S/c1-12(2)11-21-16-10-13(8-9-15(16)18)17-22(19,20)14-6-4-3-5-7-14/h3-10,12H,11H2,1-2H3/b17-13-. The van der Waals surface area contributed by atoms with Crippen LogP contribution in [-0.2, 0) is 19.6 Å². The Morgan fingerprint density at radius 1 is 1.14 bits per heavy atom. The maximum Gasteiger partial charge on any atom is 0.282 e. The Morgan fingerprint density at radius 3 is 2.45 bits per heavy atom. The van der Waals surface area contributed by atoms with Crippen LogP contribution in [0.4, 0.5) is 0 Å². The van der Waals surface area contributed by atoms with E-state index in [9.17, 15) is 13.2 Å². The molecule has 6 heteroatoms. The topological polar surface area (TPSA) is 72.8 Å². The van der Waals surface area contributed by atoms with Crippen molar-refractivity contribution in [3.8, 4) is 0 Å². The van der Waals surface area contributed by atoms with Gasteiger partial charge >= 0.3 is 0 Å². The molecular formula is C16H17NO4S. The molecule has 0 bridgehead atoms. The van der Waals surface area contributed by atoms with Gasteiger partial charge in [0, 0.05) is 6.08 Å². The van der Waals surface area contributed by atoms with Crippen LogP contribution >= 0.6 is 0 Å². The maximum atomic E-state index is 12.2. The van der Waals surface area contributed by atoms with Gasteiger partial charge in [0.25, 0.3) is 10.0 Å². The van der Waals surface area contributed by atoms with Gasteiger partial charge < -0.3 is 4.74 Å². The second-order valence-corrected chi connectivity index (χ2v) is 6.82. The molecule has 0 N–H and O–H groups in total. The Hall–Kier alpha value is -2.21. The van der Waals surface area contributed by atoms with E-state index >= 15 is 0 Å². The summed E-state index contributed by atoms with van der Waals surface area (Å²) in [4.78, 5) is 11.8. The fourth-order valence-electron chi connectivity index (χ4n) is 1.71. The SMILES string of the molecule is CC(C)COC1=C/C(=N\S(=O)(=O)c2ccccc2)C=CC1=O. The number of hydrogen-bond acceptors (Lipinski definition) is 4. The van der Waals surface area contributed by atoms with Gasteiger partial charge in [0.2, 0.25) is 5.78 Å². The average molecular weight is 319 g/mol. The van der Waals surface area contributed by atoms with Crippen LogP contribution in [-0.4, -0.2) is 26.5 Å². The summed E-state index contributed by atoms with van der Waals surface area (Å²) in [6.45, 7) is 4.29. The van der Waals surface area contributed by atoms with E-state index in [0.717, 1.165) is 0 Å². The lowest BCUT2D eigenvalue weighted by Crippen LogP contribution is -2.14. The molecule has 0 aliphatic heterocycles. The molecular weight excluding hydrogens is 302 g/mol. The van der Waals surface area contributed by atoms with Crippen molar-refractivity contribution < 1.29 is 17.9 Å². The third-order valence-corrected chi connectivity index (χ3v) is 4.09. The number of ketones is 1. The third kappa shape index (κ3) is 4.14. The largest absolute Gasteiger partial charge is 0.489 e. The van der Waals surface area contributed by atoms with Crippen LogP contribution in [0.3, 0.4) is 0 Å². The number of benzene rings is 1. The first kappa shape index (κ1) is 16.2. The Kier molecular flexibility index (Phi) is 4.92. The molecule has 1 aromatic carbocycles. The summed E-state index contributed by atoms with van der Waals surface area (Å²) >= 11 is 0. The van der Waals surface area contributed by atoms with Gasteiger partial charge in [0.1, 0.15) is 0 Å². The highest BCUT2D eigenvalue weighted by Gasteiger charge is 2.17. The lowest BCUT2D eigenvalue weighted by atomic mass is 10.1. The van der Waals surface area contributed by atoms with E-state index in [1.54, 1.807) is 18.2 Å². The van der Waals surface area contributed by atoms with Crippen LogP contribution in [0.1, 0.15) is 13.8 Å². The first-order chi connectivity index (χ1) is 10.4. The van der Waals surface area contributed by atoms with E-state index in [1.165, 1.54) is 30.4 Å². The van der Waals surface area contributed by atoms with Gasteiger partial charge in [-0.25, -0.2) is 0 Å². The van der Waals surface area contributed by atoms with Crippen molar-refractivity contribution in [2.45, 2.75) is 18.7 Å². The molecule has 5 nitrogen and oxygen atoms in total. The minimum absolute atomic E-state index is 0.103. The summed E-state index contributed by atoms with van der Waals surface area (Å²) in [6, 6.07) is 7.91. The van der Waals surface area contributed by atoms with Crippen molar-refractivity contribution >= 4 is 21.5 Å². The van der Waals surface area contributed by atoms with Crippen molar-refractivity contribution in [1.82, 2.24) is 0 Å². The van der Waals surface area contributed by atoms with Crippen LogP contribution in [0, 0.1) is 5.92 Å². The number of allylic oxidation sites excluding steroid dienone is 3. The molecule has 1 aliphatic rings. The summed E-state index contributed by atoms with van der Waals surface area (Å²) in [5, 5.41) is 0. The lowest BCUT2D eigenvalue weighted by Gasteiger charge is -2.12. The lowest BCUT2D eigenvalue weighted by molar-refractivity contribution is -0.114. The molecule has 0 aromatic heterocycles. The molecule has 0 fully saturated rings. The van der Waals surface area contributed by atoms with Crippen molar-refractivity contribution in [1.29, 1.82) is 0 Å². The van der Waals surface area contributed by atoms with E-state index < -0.39 is 10.0 Å². The van der Waals surface area contributed by atoms with Gasteiger partial charge in [-0.3, -0.25) is 4.79 Å². The molecule has 0 unspecified atom stereocenters. The summed E-state index contributed by atoms with van der Waals surface area (Å²) in [6.07, 6.45) is 3.98. The molecule has 0 amide bonds. The number of hydrogen-bond donors (Lipinski definition) is 0. The number of nitrogens with zero attached hydrogens (tertiary/aromatic N) is 1. The zero-order chi connectivity index (χ0) is 16.2. The minimum atomic E-state index is -3.81. The summed E-state index contributed by atoms with van der Waals surface area (Å²) in [5.41, 5.74) is 0.169. The monoisotopic (exact) mass is 319 g/mol. The molecule has 0 saturated carbocycles. The zero-order valence-corrected chi connectivity index (χ0v) is 13.2. The molecule has 0 heterocycles. The van der Waals surface area contributed by atoms with Crippen LogP contribution < -0.4 is 0 Å². The highest BCUT2D eigenvalue weighted by atomic mass is 32.2. The predicted octanol–water partition coefficient (Wildman–Crippen LogP) is 2.51. The van der Waals surface area contributed by atoms with E-state index in [-0.39, 0.29) is 28.1 Å². The summed E-state index contributed by atoms with van der Waals surface area (Å²) in [7, 11) is -3.81. The second-order valence-electron chi connectivity index (χ2n) is 5.22. The van der Waals surface area contributed by atoms with Gasteiger partial charge in [-0.2, -0.15) is 12.8 Å². The quantitative estimate of drug-likeness (QED) is 0.782. The molecule has 0 radical (unpaired) electrons. The normalized spacial score (nSPS) is 17.0. The van der Waals surface area contributed by atoms with Crippen LogP contribution in [0.15, 0.2) is 63.6 Å². The fourth-order valence-corrected chi connectivity index (χ4v) is 2.70. The van der Waals surface area contributed by atoms with Crippen LogP contribution in [0.2, 0.25) is 0 Å². The van der Waals surface area contributed by atoms with Crippen LogP contribution in [0.25, 0.3) is 0 Å². The Balaban J connectivity index is 2.28. The molecule has 116 valence electrons.